The largest absolute Gasteiger partial charge is 2.00 e. The van der Waals surface area contributed by atoms with Crippen molar-refractivity contribution >= 4 is 23.1 Å². The molecule has 0 aromatic heterocycles. The van der Waals surface area contributed by atoms with E-state index in [1.807, 2.05) is 0 Å². The molecule has 40 valence electrons. The van der Waals surface area contributed by atoms with Crippen molar-refractivity contribution in [2.45, 2.75) is 0 Å². The number of hydrogen-bond acceptors (Lipinski definition) is 4. The van der Waals surface area contributed by atoms with E-state index in [1.54, 1.807) is 0 Å². The van der Waals surface area contributed by atoms with E-state index in [1.165, 1.54) is 0 Å². The van der Waals surface area contributed by atoms with Crippen LogP contribution in [0, 0.1) is 0 Å². The third kappa shape index (κ3) is 181. The van der Waals surface area contributed by atoms with Crippen molar-refractivity contribution in [2.75, 3.05) is 0 Å². The smallest absolute Gasteiger partial charge is 0.870 e. The Morgan fingerprint density at radius 2 is 0.500 bits per heavy atom. The average molecular weight is 110 g/mol. The van der Waals surface area contributed by atoms with E-state index in [2.05, 4.69) is 0 Å². The molecule has 0 unspecified atom stereocenters. The molecule has 6 heteroatoms. The quantitative estimate of drug-likeness (QED) is 0.334. The van der Waals surface area contributed by atoms with Gasteiger partial charge in [0.15, 0.2) is 0 Å². The molecule has 0 amide bonds. The van der Waals surface area contributed by atoms with E-state index < -0.39 is 0 Å². The van der Waals surface area contributed by atoms with E-state index in [0.29, 0.717) is 0 Å². The molecular weight excluding hydrogens is 104 g/mol. The summed E-state index contributed by atoms with van der Waals surface area (Å²) in [5, 5.41) is 0. The Hall–Kier alpha value is 0.566. The first-order valence-corrected chi connectivity index (χ1v) is 0. The summed E-state index contributed by atoms with van der Waals surface area (Å²) in [6.45, 7) is 0. The van der Waals surface area contributed by atoms with E-state index in [0.717, 1.165) is 0 Å². The van der Waals surface area contributed by atoms with Crippen LogP contribution in [-0.2, 0) is 0 Å². The molecule has 5 nitrogen and oxygen atoms in total. The minimum absolute atomic E-state index is 0. The summed E-state index contributed by atoms with van der Waals surface area (Å²) >= 11 is 0. The minimum atomic E-state index is 0. The van der Waals surface area contributed by atoms with Crippen molar-refractivity contribution in [2.24, 2.45) is 0 Å². The first-order chi connectivity index (χ1) is 0. The number of rotatable bonds is 0. The Labute approximate surface area is 51.0 Å². The molecule has 0 saturated heterocycles. The first-order valence-electron chi connectivity index (χ1n) is 0. The van der Waals surface area contributed by atoms with Crippen LogP contribution in [0.3, 0.4) is 0 Å². The molecule has 0 atom stereocenters. The van der Waals surface area contributed by atoms with Gasteiger partial charge in [0.25, 0.3) is 0 Å². The standard InChI is InChI=1S/Mg.5H2O/h;5*1H2/q+2;;;;;/p-4. The maximum Gasteiger partial charge on any atom is 2.00 e. The summed E-state index contributed by atoms with van der Waals surface area (Å²) in [5.41, 5.74) is 0. The van der Waals surface area contributed by atoms with Gasteiger partial charge in [-0.2, -0.15) is 0 Å². The van der Waals surface area contributed by atoms with Crippen LogP contribution in [0.25, 0.3) is 0 Å². The van der Waals surface area contributed by atoms with Crippen molar-refractivity contribution in [1.82, 2.24) is 0 Å². The zero-order valence-electron chi connectivity index (χ0n) is 3.00. The molecule has 0 rings (SSSR count). The van der Waals surface area contributed by atoms with Gasteiger partial charge in [0.1, 0.15) is 0 Å². The van der Waals surface area contributed by atoms with Gasteiger partial charge in [0.05, 0.1) is 0 Å². The maximum absolute atomic E-state index is 0. The molecule has 0 heterocycles. The second-order valence-corrected chi connectivity index (χ2v) is 0. The summed E-state index contributed by atoms with van der Waals surface area (Å²) in [7, 11) is 0. The summed E-state index contributed by atoms with van der Waals surface area (Å²) in [5.74, 6) is 0. The molecule has 6 N–H and O–H groups in total. The van der Waals surface area contributed by atoms with Crippen molar-refractivity contribution in [3.05, 3.63) is 0 Å². The summed E-state index contributed by atoms with van der Waals surface area (Å²) in [6, 6.07) is 0. The van der Waals surface area contributed by atoms with Crippen LogP contribution >= 0.6 is 0 Å². The van der Waals surface area contributed by atoms with Crippen LogP contribution < -0.4 is 0 Å². The fourth-order valence-electron chi connectivity index (χ4n) is 0. The molecular formula is H6MgO5-2. The zero-order chi connectivity index (χ0) is 0. The maximum atomic E-state index is 0. The van der Waals surface area contributed by atoms with E-state index >= 15 is 0 Å². The van der Waals surface area contributed by atoms with Crippen LogP contribution in [0.15, 0.2) is 0 Å². The fraction of sp³-hybridized carbons (Fsp3) is 0. The molecule has 0 aromatic carbocycles. The summed E-state index contributed by atoms with van der Waals surface area (Å²) < 4.78 is 0. The Balaban J connectivity index is 0. The first kappa shape index (κ1) is 635. The van der Waals surface area contributed by atoms with Gasteiger partial charge in [-0.05, 0) is 0 Å². The van der Waals surface area contributed by atoms with Gasteiger partial charge in [0.2, 0.25) is 0 Å². The monoisotopic (exact) mass is 110 g/mol. The van der Waals surface area contributed by atoms with Crippen molar-refractivity contribution in [1.29, 1.82) is 0 Å². The SMILES string of the molecule is O.[Mg+2].[OH-].[OH-].[OH-].[OH-]. The normalized spacial score (nSPS) is 0. The molecule has 0 aromatic rings. The van der Waals surface area contributed by atoms with Gasteiger partial charge in [-0.3, -0.25) is 0 Å². The Bertz CT molecular complexity index is 3.90. The van der Waals surface area contributed by atoms with Gasteiger partial charge >= 0.3 is 23.1 Å². The van der Waals surface area contributed by atoms with Crippen LogP contribution in [0.2, 0.25) is 0 Å². The van der Waals surface area contributed by atoms with Crippen molar-refractivity contribution < 1.29 is 27.4 Å². The number of hydrogen-bond donors (Lipinski definition) is 0. The molecule has 6 heavy (non-hydrogen) atoms. The molecule has 0 bridgehead atoms. The van der Waals surface area contributed by atoms with Gasteiger partial charge in [0, 0.05) is 0 Å². The Morgan fingerprint density at radius 1 is 0.500 bits per heavy atom. The predicted molar refractivity (Wildman–Crippen MR) is 17.1 cm³/mol. The van der Waals surface area contributed by atoms with E-state index in [9.17, 15) is 0 Å². The van der Waals surface area contributed by atoms with Gasteiger partial charge in [-0.25, -0.2) is 0 Å². The van der Waals surface area contributed by atoms with Crippen molar-refractivity contribution in [3.63, 3.8) is 0 Å². The van der Waals surface area contributed by atoms with Crippen LogP contribution in [-0.4, -0.2) is 50.4 Å². The van der Waals surface area contributed by atoms with E-state index in [-0.39, 0.29) is 50.4 Å². The van der Waals surface area contributed by atoms with Gasteiger partial charge in [-0.1, -0.05) is 0 Å². The van der Waals surface area contributed by atoms with Crippen LogP contribution in [0.5, 0.6) is 0 Å². The van der Waals surface area contributed by atoms with Crippen LogP contribution in [0.1, 0.15) is 0 Å². The Kier molecular flexibility index (Phi) is 38300. The Morgan fingerprint density at radius 3 is 0.500 bits per heavy atom. The zero-order valence-corrected chi connectivity index (χ0v) is 4.41. The second kappa shape index (κ2) is 362. The van der Waals surface area contributed by atoms with Crippen LogP contribution in [0.4, 0.5) is 0 Å². The molecule has 0 fully saturated rings. The van der Waals surface area contributed by atoms with Crippen molar-refractivity contribution in [3.8, 4) is 0 Å². The van der Waals surface area contributed by atoms with E-state index in [4.69, 9.17) is 0 Å². The molecule has 0 aliphatic carbocycles. The molecule has 0 radical (unpaired) electrons. The third-order valence-corrected chi connectivity index (χ3v) is 0. The second-order valence-electron chi connectivity index (χ2n) is 0. The van der Waals surface area contributed by atoms with Gasteiger partial charge in [-0.15, -0.1) is 0 Å². The van der Waals surface area contributed by atoms with Gasteiger partial charge < -0.3 is 27.4 Å². The summed E-state index contributed by atoms with van der Waals surface area (Å²) in [6.07, 6.45) is 0. The molecule has 0 aliphatic heterocycles. The average Bonchev–Trinajstić information content (AvgIpc) is 0. The third-order valence-electron chi connectivity index (χ3n) is 0. The molecule has 0 spiro atoms. The fourth-order valence-corrected chi connectivity index (χ4v) is 0. The molecule has 0 saturated carbocycles. The minimum Gasteiger partial charge on any atom is -0.870 e. The predicted octanol–water partition coefficient (Wildman–Crippen LogP) is -1.91. The summed E-state index contributed by atoms with van der Waals surface area (Å²) in [4.78, 5) is 0. The molecule has 0 aliphatic rings. The topological polar surface area (TPSA) is 152 Å².